The number of nitrogens with zero attached hydrogens (tertiary/aromatic N) is 2. The van der Waals surface area contributed by atoms with Gasteiger partial charge in [-0.25, -0.2) is 23.1 Å². The van der Waals surface area contributed by atoms with Gasteiger partial charge in [-0.05, 0) is 60.7 Å². The van der Waals surface area contributed by atoms with E-state index in [0.29, 0.717) is 11.4 Å². The molecule has 0 atom stereocenters. The molecule has 0 amide bonds. The second-order valence-electron chi connectivity index (χ2n) is 5.81. The Hall–Kier alpha value is -3.09. The van der Waals surface area contributed by atoms with E-state index in [0.717, 1.165) is 0 Å². The Balaban J connectivity index is 1.62. The molecule has 0 aliphatic heterocycles. The van der Waals surface area contributed by atoms with E-state index in [9.17, 15) is 17.2 Å². The van der Waals surface area contributed by atoms with Crippen LogP contribution in [0.25, 0.3) is 0 Å². The smallest absolute Gasteiger partial charge is 0.387 e. The number of sulfonamides is 1. The number of rotatable bonds is 7. The average Bonchev–Trinajstić information content (AvgIpc) is 2.70. The quantitative estimate of drug-likeness (QED) is 0.424. The standard InChI is InChI=1S/C18H14ClF2N5O3S2/c19-14-10-12(4-7-15(14)29-16(20)21)25-18(30)24-11-2-5-13(6-3-11)31(27,28)26-17-22-8-1-9-23-17/h1-10,16H,(H,22,23,26)(H2,24,25,30). The first-order chi connectivity index (χ1) is 14.7. The van der Waals surface area contributed by atoms with Crippen LogP contribution in [-0.2, 0) is 10.0 Å². The zero-order chi connectivity index (χ0) is 22.4. The largest absolute Gasteiger partial charge is 0.433 e. The minimum Gasteiger partial charge on any atom is -0.433 e. The summed E-state index contributed by atoms with van der Waals surface area (Å²) in [4.78, 5) is 7.64. The van der Waals surface area contributed by atoms with Crippen molar-refractivity contribution in [1.29, 1.82) is 0 Å². The molecule has 0 bridgehead atoms. The molecule has 0 saturated carbocycles. The molecular formula is C18H14ClF2N5O3S2. The number of ether oxygens (including phenoxy) is 1. The van der Waals surface area contributed by atoms with Crippen molar-refractivity contribution in [3.05, 3.63) is 65.9 Å². The molecule has 3 N–H and O–H groups in total. The topological polar surface area (TPSA) is 105 Å². The second-order valence-corrected chi connectivity index (χ2v) is 8.30. The highest BCUT2D eigenvalue weighted by Gasteiger charge is 2.15. The number of benzene rings is 2. The molecular weight excluding hydrogens is 472 g/mol. The molecule has 8 nitrogen and oxygen atoms in total. The van der Waals surface area contributed by atoms with Crippen molar-refractivity contribution in [3.8, 4) is 5.75 Å². The van der Waals surface area contributed by atoms with E-state index in [1.807, 2.05) is 0 Å². The van der Waals surface area contributed by atoms with Crippen LogP contribution in [0, 0.1) is 0 Å². The molecule has 2 aromatic carbocycles. The zero-order valence-corrected chi connectivity index (χ0v) is 17.8. The van der Waals surface area contributed by atoms with Crippen LogP contribution in [0.2, 0.25) is 5.02 Å². The maximum atomic E-state index is 12.4. The highest BCUT2D eigenvalue weighted by atomic mass is 35.5. The number of anilines is 3. The lowest BCUT2D eigenvalue weighted by Gasteiger charge is -2.13. The van der Waals surface area contributed by atoms with Crippen molar-refractivity contribution in [1.82, 2.24) is 9.97 Å². The van der Waals surface area contributed by atoms with Crippen molar-refractivity contribution in [2.24, 2.45) is 0 Å². The SMILES string of the molecule is O=S(=O)(Nc1ncccn1)c1ccc(NC(=S)Nc2ccc(OC(F)F)c(Cl)c2)cc1. The molecule has 13 heteroatoms. The Morgan fingerprint density at radius 2 is 1.65 bits per heavy atom. The van der Waals surface area contributed by atoms with Crippen molar-refractivity contribution >= 4 is 56.3 Å². The van der Waals surface area contributed by atoms with Crippen molar-refractivity contribution in [2.75, 3.05) is 15.4 Å². The van der Waals surface area contributed by atoms with Gasteiger partial charge in [-0.1, -0.05) is 11.6 Å². The Bertz CT molecular complexity index is 1170. The van der Waals surface area contributed by atoms with Crippen LogP contribution >= 0.6 is 23.8 Å². The number of hydrogen-bond acceptors (Lipinski definition) is 6. The summed E-state index contributed by atoms with van der Waals surface area (Å²) in [6, 6.07) is 11.5. The summed E-state index contributed by atoms with van der Waals surface area (Å²) in [5.74, 6) is -0.203. The summed E-state index contributed by atoms with van der Waals surface area (Å²) in [6.07, 6.45) is 2.83. The molecule has 0 radical (unpaired) electrons. The van der Waals surface area contributed by atoms with E-state index in [-0.39, 0.29) is 26.7 Å². The number of alkyl halides is 2. The van der Waals surface area contributed by atoms with Crippen molar-refractivity contribution in [3.63, 3.8) is 0 Å². The lowest BCUT2D eigenvalue weighted by Crippen LogP contribution is -2.19. The minimum absolute atomic E-state index is 0.00535. The predicted molar refractivity (Wildman–Crippen MR) is 117 cm³/mol. The lowest BCUT2D eigenvalue weighted by molar-refractivity contribution is -0.0497. The van der Waals surface area contributed by atoms with E-state index < -0.39 is 16.6 Å². The fourth-order valence-electron chi connectivity index (χ4n) is 2.31. The normalized spacial score (nSPS) is 11.1. The van der Waals surface area contributed by atoms with Gasteiger partial charge in [0, 0.05) is 23.8 Å². The molecule has 0 aliphatic rings. The molecule has 0 unspecified atom stereocenters. The van der Waals surface area contributed by atoms with E-state index >= 15 is 0 Å². The van der Waals surface area contributed by atoms with Crippen LogP contribution in [0.3, 0.4) is 0 Å². The maximum Gasteiger partial charge on any atom is 0.387 e. The number of hydrogen-bond donors (Lipinski definition) is 3. The number of halogens is 3. The third-order valence-electron chi connectivity index (χ3n) is 3.62. The van der Waals surface area contributed by atoms with Crippen LogP contribution < -0.4 is 20.1 Å². The van der Waals surface area contributed by atoms with E-state index in [1.165, 1.54) is 54.9 Å². The average molecular weight is 486 g/mol. The third-order valence-corrected chi connectivity index (χ3v) is 5.46. The molecule has 0 spiro atoms. The van der Waals surface area contributed by atoms with Gasteiger partial charge in [-0.2, -0.15) is 8.78 Å². The monoisotopic (exact) mass is 485 g/mol. The van der Waals surface area contributed by atoms with E-state index in [4.69, 9.17) is 23.8 Å². The summed E-state index contributed by atoms with van der Waals surface area (Å²) < 4.78 is 55.9. The lowest BCUT2D eigenvalue weighted by atomic mass is 10.3. The second kappa shape index (κ2) is 9.81. The summed E-state index contributed by atoms with van der Waals surface area (Å²) in [5.41, 5.74) is 0.950. The number of aromatic nitrogens is 2. The molecule has 0 fully saturated rings. The maximum absolute atomic E-state index is 12.4. The van der Waals surface area contributed by atoms with Gasteiger partial charge in [0.2, 0.25) is 5.95 Å². The van der Waals surface area contributed by atoms with Gasteiger partial charge < -0.3 is 15.4 Å². The molecule has 3 aromatic rings. The Morgan fingerprint density at radius 3 is 2.26 bits per heavy atom. The predicted octanol–water partition coefficient (Wildman–Crippen LogP) is 4.34. The summed E-state index contributed by atoms with van der Waals surface area (Å²) >= 11 is 11.1. The first kappa shape index (κ1) is 22.6. The van der Waals surface area contributed by atoms with Crippen molar-refractivity contribution in [2.45, 2.75) is 11.5 Å². The Labute approximate surface area is 186 Å². The number of thiocarbonyl (C=S) groups is 1. The summed E-state index contributed by atoms with van der Waals surface area (Å²) in [5, 5.41) is 5.86. The van der Waals surface area contributed by atoms with Crippen LogP contribution in [0.1, 0.15) is 0 Å². The summed E-state index contributed by atoms with van der Waals surface area (Å²) in [6.45, 7) is -2.98. The van der Waals surface area contributed by atoms with Gasteiger partial charge >= 0.3 is 6.61 Å². The number of nitrogens with one attached hydrogen (secondary N) is 3. The van der Waals surface area contributed by atoms with Gasteiger partial charge in [0.25, 0.3) is 10.0 Å². The molecule has 1 heterocycles. The van der Waals surface area contributed by atoms with Gasteiger partial charge in [0.05, 0.1) is 9.92 Å². The third kappa shape index (κ3) is 6.44. The first-order valence-corrected chi connectivity index (χ1v) is 10.7. The molecule has 31 heavy (non-hydrogen) atoms. The highest BCUT2D eigenvalue weighted by Crippen LogP contribution is 2.29. The van der Waals surface area contributed by atoms with Crippen LogP contribution in [0.15, 0.2) is 65.8 Å². The fraction of sp³-hybridized carbons (Fsp3) is 0.0556. The van der Waals surface area contributed by atoms with Gasteiger partial charge in [-0.3, -0.25) is 0 Å². The van der Waals surface area contributed by atoms with Crippen LogP contribution in [0.5, 0.6) is 5.75 Å². The van der Waals surface area contributed by atoms with Gasteiger partial charge in [-0.15, -0.1) is 0 Å². The fourth-order valence-corrected chi connectivity index (χ4v) is 3.73. The molecule has 3 rings (SSSR count). The molecule has 162 valence electrons. The molecule has 0 aliphatic carbocycles. The molecule has 0 saturated heterocycles. The van der Waals surface area contributed by atoms with Crippen molar-refractivity contribution < 1.29 is 21.9 Å². The van der Waals surface area contributed by atoms with E-state index in [2.05, 4.69) is 30.1 Å². The Morgan fingerprint density at radius 1 is 1.03 bits per heavy atom. The minimum atomic E-state index is -3.86. The summed E-state index contributed by atoms with van der Waals surface area (Å²) in [7, 11) is -3.86. The van der Waals surface area contributed by atoms with Crippen LogP contribution in [0.4, 0.5) is 26.1 Å². The molecule has 1 aromatic heterocycles. The van der Waals surface area contributed by atoms with Crippen LogP contribution in [-0.4, -0.2) is 30.1 Å². The van der Waals surface area contributed by atoms with E-state index in [1.54, 1.807) is 6.07 Å². The van der Waals surface area contributed by atoms with Gasteiger partial charge in [0.1, 0.15) is 5.75 Å². The first-order valence-electron chi connectivity index (χ1n) is 8.45. The Kier molecular flexibility index (Phi) is 7.15. The zero-order valence-electron chi connectivity index (χ0n) is 15.4. The van der Waals surface area contributed by atoms with Gasteiger partial charge in [0.15, 0.2) is 5.11 Å². The highest BCUT2D eigenvalue weighted by molar-refractivity contribution is 7.92.